The third kappa shape index (κ3) is 3.49. The third-order valence-electron chi connectivity index (χ3n) is 4.93. The standard InChI is InChI=1S/C22H19N3O2/c1-14-7-5-6-10-17(14)21(27)25-22-23-13-18-19(24-22)11-16(12-20(18)26)15-8-3-2-4-9-15/h2-10,13,16H,11-12H2,1H3,(H,23,24,25,27)/t16-/m1/s1. The van der Waals surface area contributed by atoms with Crippen LogP contribution in [0.2, 0.25) is 0 Å². The summed E-state index contributed by atoms with van der Waals surface area (Å²) in [5, 5.41) is 2.75. The Hall–Kier alpha value is -3.34. The van der Waals surface area contributed by atoms with Gasteiger partial charge in [0.2, 0.25) is 5.95 Å². The van der Waals surface area contributed by atoms with Crippen molar-refractivity contribution in [2.45, 2.75) is 25.7 Å². The van der Waals surface area contributed by atoms with E-state index in [9.17, 15) is 9.59 Å². The Balaban J connectivity index is 1.59. The number of Topliss-reactive ketones (excluding diaryl/α,β-unsaturated/α-hetero) is 1. The van der Waals surface area contributed by atoms with Crippen LogP contribution in [0.1, 0.15) is 49.9 Å². The van der Waals surface area contributed by atoms with E-state index in [1.165, 1.54) is 6.20 Å². The summed E-state index contributed by atoms with van der Waals surface area (Å²) in [5.74, 6) is 0.112. The molecule has 5 heteroatoms. The molecule has 0 saturated carbocycles. The molecular weight excluding hydrogens is 338 g/mol. The molecule has 0 fully saturated rings. The average Bonchev–Trinajstić information content (AvgIpc) is 2.68. The molecule has 1 aromatic heterocycles. The van der Waals surface area contributed by atoms with E-state index >= 15 is 0 Å². The van der Waals surface area contributed by atoms with Gasteiger partial charge in [0.1, 0.15) is 0 Å². The summed E-state index contributed by atoms with van der Waals surface area (Å²) in [7, 11) is 0. The zero-order valence-corrected chi connectivity index (χ0v) is 15.0. The van der Waals surface area contributed by atoms with Crippen molar-refractivity contribution in [3.8, 4) is 0 Å². The van der Waals surface area contributed by atoms with Crippen molar-refractivity contribution in [3.63, 3.8) is 0 Å². The molecule has 1 atom stereocenters. The predicted octanol–water partition coefficient (Wildman–Crippen LogP) is 3.95. The van der Waals surface area contributed by atoms with E-state index in [0.717, 1.165) is 11.1 Å². The molecule has 0 aliphatic heterocycles. The molecule has 1 aliphatic carbocycles. The minimum atomic E-state index is -0.255. The normalized spacial score (nSPS) is 15.9. The van der Waals surface area contributed by atoms with Gasteiger partial charge in [0.25, 0.3) is 5.91 Å². The lowest BCUT2D eigenvalue weighted by molar-refractivity contribution is 0.0962. The molecule has 0 unspecified atom stereocenters. The van der Waals surface area contributed by atoms with Crippen LogP contribution in [0.5, 0.6) is 0 Å². The number of aromatic nitrogens is 2. The number of hydrogen-bond donors (Lipinski definition) is 1. The molecule has 1 heterocycles. The van der Waals surface area contributed by atoms with Crippen molar-refractivity contribution < 1.29 is 9.59 Å². The maximum absolute atomic E-state index is 12.5. The van der Waals surface area contributed by atoms with Gasteiger partial charge < -0.3 is 0 Å². The molecule has 27 heavy (non-hydrogen) atoms. The number of rotatable bonds is 3. The Bertz CT molecular complexity index is 1020. The largest absolute Gasteiger partial charge is 0.294 e. The van der Waals surface area contributed by atoms with Gasteiger partial charge >= 0.3 is 0 Å². The minimum absolute atomic E-state index is 0.0434. The van der Waals surface area contributed by atoms with Crippen LogP contribution in [-0.2, 0) is 6.42 Å². The molecule has 0 spiro atoms. The first-order valence-electron chi connectivity index (χ1n) is 8.93. The summed E-state index contributed by atoms with van der Waals surface area (Å²) in [6.45, 7) is 1.88. The predicted molar refractivity (Wildman–Crippen MR) is 103 cm³/mol. The van der Waals surface area contributed by atoms with Gasteiger partial charge in [-0.2, -0.15) is 0 Å². The molecule has 0 saturated heterocycles. The van der Waals surface area contributed by atoms with Crippen molar-refractivity contribution in [1.29, 1.82) is 0 Å². The Kier molecular flexibility index (Phi) is 4.50. The SMILES string of the molecule is Cc1ccccc1C(=O)Nc1ncc2c(n1)C[C@@H](c1ccccc1)CC2=O. The van der Waals surface area contributed by atoms with Gasteiger partial charge in [-0.05, 0) is 36.5 Å². The molecule has 3 aromatic rings. The summed E-state index contributed by atoms with van der Waals surface area (Å²) in [6, 6.07) is 17.3. The molecule has 0 bridgehead atoms. The molecule has 4 rings (SSSR count). The van der Waals surface area contributed by atoms with Crippen LogP contribution in [0.4, 0.5) is 5.95 Å². The summed E-state index contributed by atoms with van der Waals surface area (Å²) < 4.78 is 0. The van der Waals surface area contributed by atoms with E-state index in [1.807, 2.05) is 55.5 Å². The number of nitrogens with one attached hydrogen (secondary N) is 1. The van der Waals surface area contributed by atoms with Gasteiger partial charge in [-0.15, -0.1) is 0 Å². The number of fused-ring (bicyclic) bond motifs is 1. The number of aryl methyl sites for hydroxylation is 1. The van der Waals surface area contributed by atoms with Crippen molar-refractivity contribution in [2.24, 2.45) is 0 Å². The van der Waals surface area contributed by atoms with Crippen molar-refractivity contribution in [2.75, 3.05) is 5.32 Å². The van der Waals surface area contributed by atoms with Gasteiger partial charge in [0, 0.05) is 18.2 Å². The fourth-order valence-electron chi connectivity index (χ4n) is 3.46. The lowest BCUT2D eigenvalue weighted by Gasteiger charge is -2.23. The zero-order chi connectivity index (χ0) is 18.8. The molecule has 2 aromatic carbocycles. The highest BCUT2D eigenvalue weighted by molar-refractivity contribution is 6.04. The van der Waals surface area contributed by atoms with Crippen molar-refractivity contribution in [3.05, 3.63) is 88.7 Å². The summed E-state index contributed by atoms with van der Waals surface area (Å²) in [5.41, 5.74) is 3.83. The van der Waals surface area contributed by atoms with Gasteiger partial charge in [0.05, 0.1) is 11.3 Å². The van der Waals surface area contributed by atoms with Crippen LogP contribution in [0.15, 0.2) is 60.8 Å². The van der Waals surface area contributed by atoms with Crippen LogP contribution in [0.3, 0.4) is 0 Å². The van der Waals surface area contributed by atoms with E-state index in [1.54, 1.807) is 6.07 Å². The lowest BCUT2D eigenvalue weighted by atomic mass is 9.82. The van der Waals surface area contributed by atoms with Crippen LogP contribution in [-0.4, -0.2) is 21.7 Å². The van der Waals surface area contributed by atoms with Crippen LogP contribution in [0.25, 0.3) is 0 Å². The van der Waals surface area contributed by atoms with Gasteiger partial charge in [-0.3, -0.25) is 14.9 Å². The first-order chi connectivity index (χ1) is 13.1. The van der Waals surface area contributed by atoms with E-state index in [2.05, 4.69) is 15.3 Å². The first-order valence-corrected chi connectivity index (χ1v) is 8.93. The second-order valence-electron chi connectivity index (χ2n) is 6.76. The quantitative estimate of drug-likeness (QED) is 0.770. The number of anilines is 1. The molecule has 5 nitrogen and oxygen atoms in total. The number of ketones is 1. The summed E-state index contributed by atoms with van der Waals surface area (Å²) >= 11 is 0. The van der Waals surface area contributed by atoms with Gasteiger partial charge in [-0.25, -0.2) is 9.97 Å². The number of amides is 1. The van der Waals surface area contributed by atoms with Crippen molar-refractivity contribution >= 4 is 17.6 Å². The Morgan fingerprint density at radius 3 is 2.56 bits per heavy atom. The molecule has 0 radical (unpaired) electrons. The van der Waals surface area contributed by atoms with Crippen LogP contribution < -0.4 is 5.32 Å². The summed E-state index contributed by atoms with van der Waals surface area (Å²) in [6.07, 6.45) is 2.63. The highest BCUT2D eigenvalue weighted by Crippen LogP contribution is 2.31. The first kappa shape index (κ1) is 17.1. The number of benzene rings is 2. The maximum Gasteiger partial charge on any atom is 0.258 e. The number of carbonyl (C=O) groups excluding carboxylic acids is 2. The summed E-state index contributed by atoms with van der Waals surface area (Å²) in [4.78, 5) is 33.6. The van der Waals surface area contributed by atoms with Crippen LogP contribution >= 0.6 is 0 Å². The monoisotopic (exact) mass is 357 g/mol. The maximum atomic E-state index is 12.5. The molecule has 1 aliphatic rings. The molecule has 1 amide bonds. The minimum Gasteiger partial charge on any atom is -0.294 e. The fourth-order valence-corrected chi connectivity index (χ4v) is 3.46. The van der Waals surface area contributed by atoms with E-state index in [-0.39, 0.29) is 23.6 Å². The van der Waals surface area contributed by atoms with Crippen LogP contribution in [0, 0.1) is 6.92 Å². The molecular formula is C22H19N3O2. The van der Waals surface area contributed by atoms with Crippen molar-refractivity contribution in [1.82, 2.24) is 9.97 Å². The molecule has 134 valence electrons. The second kappa shape index (κ2) is 7.11. The van der Waals surface area contributed by atoms with Gasteiger partial charge in [-0.1, -0.05) is 48.5 Å². The zero-order valence-electron chi connectivity index (χ0n) is 15.0. The number of carbonyl (C=O) groups is 2. The average molecular weight is 357 g/mol. The Morgan fingerprint density at radius 2 is 1.78 bits per heavy atom. The van der Waals surface area contributed by atoms with E-state index in [4.69, 9.17) is 0 Å². The van der Waals surface area contributed by atoms with Gasteiger partial charge in [0.15, 0.2) is 5.78 Å². The number of nitrogens with zero attached hydrogens (tertiary/aromatic N) is 2. The Morgan fingerprint density at radius 1 is 1.04 bits per heavy atom. The third-order valence-corrected chi connectivity index (χ3v) is 4.93. The van der Waals surface area contributed by atoms with E-state index in [0.29, 0.717) is 29.7 Å². The smallest absolute Gasteiger partial charge is 0.258 e. The highest BCUT2D eigenvalue weighted by Gasteiger charge is 2.28. The highest BCUT2D eigenvalue weighted by atomic mass is 16.1. The fraction of sp³-hybridized carbons (Fsp3) is 0.182. The topological polar surface area (TPSA) is 72.0 Å². The molecule has 1 N–H and O–H groups in total. The second-order valence-corrected chi connectivity index (χ2v) is 6.76. The Labute approximate surface area is 157 Å². The number of hydrogen-bond acceptors (Lipinski definition) is 4. The van der Waals surface area contributed by atoms with E-state index < -0.39 is 0 Å². The lowest BCUT2D eigenvalue weighted by Crippen LogP contribution is -2.22.